The zero-order valence-corrected chi connectivity index (χ0v) is 9.94. The van der Waals surface area contributed by atoms with E-state index in [0.29, 0.717) is 5.82 Å². The first-order chi connectivity index (χ1) is 8.18. The predicted molar refractivity (Wildman–Crippen MR) is 65.3 cm³/mol. The number of carbonyl (C=O) groups is 1. The van der Waals surface area contributed by atoms with Crippen LogP contribution >= 0.6 is 11.3 Å². The van der Waals surface area contributed by atoms with Crippen LogP contribution in [-0.4, -0.2) is 21.3 Å². The van der Waals surface area contributed by atoms with Crippen molar-refractivity contribution in [2.75, 3.05) is 5.32 Å². The van der Waals surface area contributed by atoms with Crippen molar-refractivity contribution in [1.29, 1.82) is 0 Å². The quantitative estimate of drug-likeness (QED) is 0.870. The number of carboxylic acid groups (broad SMARTS) is 1. The number of hydrogen-bond acceptors (Lipinski definition) is 5. The minimum atomic E-state index is -1.01. The molecule has 2 aromatic rings. The van der Waals surface area contributed by atoms with Gasteiger partial charge >= 0.3 is 5.97 Å². The van der Waals surface area contributed by atoms with Crippen molar-refractivity contribution in [3.8, 4) is 0 Å². The average molecular weight is 249 g/mol. The summed E-state index contributed by atoms with van der Waals surface area (Å²) in [5, 5.41) is 23.5. The van der Waals surface area contributed by atoms with Crippen LogP contribution in [0.15, 0.2) is 29.1 Å². The number of nitrogens with zero attached hydrogens (tertiary/aromatic N) is 2. The smallest absolute Gasteiger partial charge is 0.339 e. The molecule has 0 amide bonds. The van der Waals surface area contributed by atoms with Crippen molar-refractivity contribution in [3.63, 3.8) is 0 Å². The topological polar surface area (TPSA) is 75.1 Å². The number of nitrogens with one attached hydrogen (secondary N) is 1. The van der Waals surface area contributed by atoms with Gasteiger partial charge < -0.3 is 10.4 Å². The Hall–Kier alpha value is -1.95. The number of hydrogen-bond donors (Lipinski definition) is 2. The third-order valence-electron chi connectivity index (χ3n) is 2.35. The molecule has 2 N–H and O–H groups in total. The fourth-order valence-electron chi connectivity index (χ4n) is 1.42. The van der Waals surface area contributed by atoms with Crippen LogP contribution in [0.1, 0.15) is 28.9 Å². The molecule has 0 saturated carbocycles. The van der Waals surface area contributed by atoms with Gasteiger partial charge in [-0.1, -0.05) is 0 Å². The lowest BCUT2D eigenvalue weighted by atomic mass is 10.1. The van der Waals surface area contributed by atoms with Crippen molar-refractivity contribution < 1.29 is 9.90 Å². The van der Waals surface area contributed by atoms with Gasteiger partial charge in [-0.3, -0.25) is 0 Å². The van der Waals surface area contributed by atoms with Gasteiger partial charge in [0.05, 0.1) is 12.2 Å². The van der Waals surface area contributed by atoms with Crippen LogP contribution < -0.4 is 5.32 Å². The summed E-state index contributed by atoms with van der Waals surface area (Å²) in [5.41, 5.74) is 1.22. The Kier molecular flexibility index (Phi) is 3.34. The van der Waals surface area contributed by atoms with Crippen molar-refractivity contribution in [2.45, 2.75) is 13.0 Å². The van der Waals surface area contributed by atoms with E-state index in [1.807, 2.05) is 23.8 Å². The summed E-state index contributed by atoms with van der Waals surface area (Å²) >= 11 is 1.60. The maximum absolute atomic E-state index is 11.0. The zero-order valence-electron chi connectivity index (χ0n) is 9.12. The van der Waals surface area contributed by atoms with E-state index in [1.165, 1.54) is 12.3 Å². The van der Waals surface area contributed by atoms with Crippen LogP contribution in [0.2, 0.25) is 0 Å². The van der Waals surface area contributed by atoms with Gasteiger partial charge in [0.2, 0.25) is 0 Å². The Morgan fingerprint density at radius 3 is 3.00 bits per heavy atom. The van der Waals surface area contributed by atoms with E-state index in [4.69, 9.17) is 5.11 Å². The van der Waals surface area contributed by atoms with Gasteiger partial charge in [0, 0.05) is 0 Å². The highest BCUT2D eigenvalue weighted by Crippen LogP contribution is 2.21. The molecule has 5 nitrogen and oxygen atoms in total. The van der Waals surface area contributed by atoms with Crippen LogP contribution in [0.4, 0.5) is 5.82 Å². The molecule has 88 valence electrons. The normalized spacial score (nSPS) is 12.1. The van der Waals surface area contributed by atoms with Crippen LogP contribution in [0.3, 0.4) is 0 Å². The molecule has 0 aliphatic carbocycles. The highest BCUT2D eigenvalue weighted by molar-refractivity contribution is 7.07. The summed E-state index contributed by atoms with van der Waals surface area (Å²) in [4.78, 5) is 11.0. The number of aromatic nitrogens is 2. The fourth-order valence-corrected chi connectivity index (χ4v) is 2.17. The second-order valence-corrected chi connectivity index (χ2v) is 4.30. The molecule has 2 aromatic heterocycles. The van der Waals surface area contributed by atoms with Crippen molar-refractivity contribution in [1.82, 2.24) is 10.2 Å². The summed E-state index contributed by atoms with van der Waals surface area (Å²) in [6, 6.07) is 3.41. The molecule has 6 heteroatoms. The molecular formula is C11H11N3O2S. The highest BCUT2D eigenvalue weighted by atomic mass is 32.1. The average Bonchev–Trinajstić information content (AvgIpc) is 2.83. The summed E-state index contributed by atoms with van der Waals surface area (Å²) in [5.74, 6) is -0.724. The van der Waals surface area contributed by atoms with Crippen molar-refractivity contribution in [2.24, 2.45) is 0 Å². The number of rotatable bonds is 4. The summed E-state index contributed by atoms with van der Waals surface area (Å²) in [6.45, 7) is 1.95. The standard InChI is InChI=1S/C11H11N3O2S/c1-7(8-3-5-17-6-8)13-10-9(11(15)16)2-4-12-14-10/h2-7H,1H3,(H,13,14)(H,15,16). The molecular weight excluding hydrogens is 238 g/mol. The Morgan fingerprint density at radius 2 is 2.35 bits per heavy atom. The molecule has 1 atom stereocenters. The van der Waals surface area contributed by atoms with E-state index in [0.717, 1.165) is 5.56 Å². The second kappa shape index (κ2) is 4.92. The number of anilines is 1. The first-order valence-electron chi connectivity index (χ1n) is 5.02. The monoisotopic (exact) mass is 249 g/mol. The summed E-state index contributed by atoms with van der Waals surface area (Å²) in [6.07, 6.45) is 1.36. The van der Waals surface area contributed by atoms with Gasteiger partial charge in [-0.05, 0) is 35.4 Å². The van der Waals surface area contributed by atoms with Crippen LogP contribution in [0, 0.1) is 0 Å². The molecule has 0 spiro atoms. The predicted octanol–water partition coefficient (Wildman–Crippen LogP) is 2.41. The van der Waals surface area contributed by atoms with Crippen molar-refractivity contribution >= 4 is 23.1 Å². The van der Waals surface area contributed by atoms with E-state index in [9.17, 15) is 4.79 Å². The number of carboxylic acids is 1. The SMILES string of the molecule is CC(Nc1nnccc1C(=O)O)c1ccsc1. The molecule has 0 radical (unpaired) electrons. The van der Waals surface area contributed by atoms with Gasteiger partial charge in [0.25, 0.3) is 0 Å². The molecule has 0 fully saturated rings. The molecule has 0 bridgehead atoms. The Balaban J connectivity index is 2.21. The molecule has 2 rings (SSSR count). The molecule has 0 aliphatic rings. The molecule has 0 aromatic carbocycles. The summed E-state index contributed by atoms with van der Waals surface area (Å²) < 4.78 is 0. The largest absolute Gasteiger partial charge is 0.478 e. The molecule has 17 heavy (non-hydrogen) atoms. The highest BCUT2D eigenvalue weighted by Gasteiger charge is 2.14. The minimum Gasteiger partial charge on any atom is -0.478 e. The maximum atomic E-state index is 11.0. The van der Waals surface area contributed by atoms with Crippen LogP contribution in [0.5, 0.6) is 0 Å². The van der Waals surface area contributed by atoms with E-state index in [-0.39, 0.29) is 11.6 Å². The van der Waals surface area contributed by atoms with E-state index in [1.54, 1.807) is 11.3 Å². The Labute approximate surface area is 102 Å². The van der Waals surface area contributed by atoms with Gasteiger partial charge in [0.15, 0.2) is 5.82 Å². The molecule has 0 aliphatic heterocycles. The number of thiophene rings is 1. The summed E-state index contributed by atoms with van der Waals surface area (Å²) in [7, 11) is 0. The first-order valence-corrected chi connectivity index (χ1v) is 5.96. The van der Waals surface area contributed by atoms with Gasteiger partial charge in [0.1, 0.15) is 5.56 Å². The fraction of sp³-hybridized carbons (Fsp3) is 0.182. The van der Waals surface area contributed by atoms with Gasteiger partial charge in [-0.25, -0.2) is 4.79 Å². The Bertz CT molecular complexity index is 513. The van der Waals surface area contributed by atoms with Crippen LogP contribution in [0.25, 0.3) is 0 Å². The van der Waals surface area contributed by atoms with Crippen LogP contribution in [-0.2, 0) is 0 Å². The maximum Gasteiger partial charge on any atom is 0.339 e. The minimum absolute atomic E-state index is 0.00366. The lowest BCUT2D eigenvalue weighted by molar-refractivity contribution is 0.0697. The molecule has 1 unspecified atom stereocenters. The van der Waals surface area contributed by atoms with Crippen molar-refractivity contribution in [3.05, 3.63) is 40.2 Å². The third kappa shape index (κ3) is 2.59. The van der Waals surface area contributed by atoms with E-state index < -0.39 is 5.97 Å². The lowest BCUT2D eigenvalue weighted by Crippen LogP contribution is -2.12. The third-order valence-corrected chi connectivity index (χ3v) is 3.05. The molecule has 0 saturated heterocycles. The van der Waals surface area contributed by atoms with Gasteiger partial charge in [-0.2, -0.15) is 16.4 Å². The van der Waals surface area contributed by atoms with E-state index in [2.05, 4.69) is 15.5 Å². The van der Waals surface area contributed by atoms with E-state index >= 15 is 0 Å². The number of aromatic carboxylic acids is 1. The molecule has 2 heterocycles. The zero-order chi connectivity index (χ0) is 12.3. The Morgan fingerprint density at radius 1 is 1.53 bits per heavy atom. The van der Waals surface area contributed by atoms with Gasteiger partial charge in [-0.15, -0.1) is 5.10 Å². The lowest BCUT2D eigenvalue weighted by Gasteiger charge is -2.13. The second-order valence-electron chi connectivity index (χ2n) is 3.52. The first kappa shape index (κ1) is 11.5.